The van der Waals surface area contributed by atoms with Crippen LogP contribution in [-0.2, 0) is 21.1 Å². The molecular weight excluding hydrogens is 237 g/mol. The second-order valence-corrected chi connectivity index (χ2v) is 0.100. The van der Waals surface area contributed by atoms with Crippen LogP contribution in [0.2, 0.25) is 0 Å². The van der Waals surface area contributed by atoms with Gasteiger partial charge in [0.05, 0.1) is 0 Å². The summed E-state index contributed by atoms with van der Waals surface area (Å²) >= 11 is 0. The summed E-state index contributed by atoms with van der Waals surface area (Å²) in [5.41, 5.74) is 0. The molecule has 26 valence electrons. The molecular formula is CHNOPt. The molecule has 0 unspecified atom stereocenters. The van der Waals surface area contributed by atoms with Gasteiger partial charge in [0, 0.05) is 21.1 Å². The normalized spacial score (nSPS) is 1.75. The molecule has 1 N–H and O–H groups in total. The van der Waals surface area contributed by atoms with E-state index in [1.807, 2.05) is 0 Å². The van der Waals surface area contributed by atoms with Crippen molar-refractivity contribution in [2.75, 3.05) is 0 Å². The van der Waals surface area contributed by atoms with Gasteiger partial charge in [-0.3, -0.25) is 0 Å². The summed E-state index contributed by atoms with van der Waals surface area (Å²) in [6.07, 6.45) is 0.750. The van der Waals surface area contributed by atoms with Crippen LogP contribution >= 0.6 is 0 Å². The molecule has 4 heavy (non-hydrogen) atoms. The first kappa shape index (κ1) is 9.02. The van der Waals surface area contributed by atoms with E-state index < -0.39 is 0 Å². The Morgan fingerprint density at radius 2 is 1.75 bits per heavy atom. The molecule has 0 spiro atoms. The molecule has 0 saturated heterocycles. The van der Waals surface area contributed by atoms with Gasteiger partial charge in [-0.1, -0.05) is 0 Å². The molecule has 0 saturated carbocycles. The van der Waals surface area contributed by atoms with Crippen LogP contribution in [0.25, 0.3) is 0 Å². The number of hydrogen-bond donors (Lipinski definition) is 1. The van der Waals surface area contributed by atoms with Crippen LogP contribution < -0.4 is 0 Å². The van der Waals surface area contributed by atoms with Crippen LogP contribution in [-0.4, -0.2) is 5.11 Å². The third-order valence-electron chi connectivity index (χ3n) is 0. The van der Waals surface area contributed by atoms with Crippen LogP contribution in [0.5, 0.6) is 0 Å². The molecule has 2 nitrogen and oxygen atoms in total. The van der Waals surface area contributed by atoms with Gasteiger partial charge in [0.2, 0.25) is 0 Å². The minimum atomic E-state index is 0. The van der Waals surface area contributed by atoms with E-state index in [0.717, 1.165) is 6.26 Å². The van der Waals surface area contributed by atoms with E-state index in [9.17, 15) is 0 Å². The maximum Gasteiger partial charge on any atom is 0.283 e. The molecule has 0 radical (unpaired) electrons. The Hall–Kier alpha value is -0.0217. The van der Waals surface area contributed by atoms with Gasteiger partial charge in [0.15, 0.2) is 0 Å². The Morgan fingerprint density at radius 1 is 1.75 bits per heavy atom. The average Bonchev–Trinajstić information content (AvgIpc) is 0.918. The molecule has 0 amide bonds. The van der Waals surface area contributed by atoms with Gasteiger partial charge in [0.25, 0.3) is 6.26 Å². The first-order valence-electron chi connectivity index (χ1n) is 0.447. The van der Waals surface area contributed by atoms with Gasteiger partial charge in [-0.25, -0.2) is 0 Å². The third-order valence-corrected chi connectivity index (χ3v) is 0. The zero-order valence-corrected chi connectivity index (χ0v) is 3.98. The van der Waals surface area contributed by atoms with Gasteiger partial charge in [0.1, 0.15) is 0 Å². The first-order chi connectivity index (χ1) is 1.41. The Labute approximate surface area is 38.3 Å². The van der Waals surface area contributed by atoms with Gasteiger partial charge in [-0.05, 0) is 0 Å². The molecule has 0 aromatic carbocycles. The van der Waals surface area contributed by atoms with Gasteiger partial charge in [-0.15, -0.1) is 0 Å². The summed E-state index contributed by atoms with van der Waals surface area (Å²) in [6, 6.07) is 0. The van der Waals surface area contributed by atoms with Crippen LogP contribution in [0, 0.1) is 11.5 Å². The Kier molecular flexibility index (Phi) is 27.5. The second kappa shape index (κ2) is 12.2. The second-order valence-electron chi connectivity index (χ2n) is 0.100. The minimum Gasteiger partial charge on any atom is -0.443 e. The van der Waals surface area contributed by atoms with Crippen molar-refractivity contribution >= 4 is 0 Å². The smallest absolute Gasteiger partial charge is 0.283 e. The maximum atomic E-state index is 6.88. The van der Waals surface area contributed by atoms with E-state index in [1.165, 1.54) is 0 Å². The quantitative estimate of drug-likeness (QED) is 0.596. The van der Waals surface area contributed by atoms with Crippen LogP contribution in [0.4, 0.5) is 0 Å². The molecule has 0 heterocycles. The number of rotatable bonds is 0. The monoisotopic (exact) mass is 238 g/mol. The van der Waals surface area contributed by atoms with Crippen molar-refractivity contribution in [2.24, 2.45) is 0 Å². The summed E-state index contributed by atoms with van der Waals surface area (Å²) in [5.74, 6) is 0. The zero-order chi connectivity index (χ0) is 2.71. The molecule has 0 aliphatic carbocycles. The largest absolute Gasteiger partial charge is 0.443 e. The number of nitrogens with zero attached hydrogens (tertiary/aromatic N) is 1. The van der Waals surface area contributed by atoms with Crippen molar-refractivity contribution in [2.45, 2.75) is 0 Å². The van der Waals surface area contributed by atoms with E-state index in [1.54, 1.807) is 0 Å². The van der Waals surface area contributed by atoms with Crippen molar-refractivity contribution < 1.29 is 26.2 Å². The van der Waals surface area contributed by atoms with Crippen molar-refractivity contribution in [3.63, 3.8) is 0 Å². The first-order valence-corrected chi connectivity index (χ1v) is 0.447. The molecule has 0 aromatic rings. The summed E-state index contributed by atoms with van der Waals surface area (Å²) in [4.78, 5) is 0. The maximum absolute atomic E-state index is 6.88. The van der Waals surface area contributed by atoms with E-state index in [2.05, 4.69) is 0 Å². The molecule has 0 aliphatic heterocycles. The third kappa shape index (κ3) is 4030. The fourth-order valence-electron chi connectivity index (χ4n) is 0. The molecule has 0 rings (SSSR count). The van der Waals surface area contributed by atoms with Crippen LogP contribution in [0.3, 0.4) is 0 Å². The Morgan fingerprint density at radius 3 is 1.75 bits per heavy atom. The van der Waals surface area contributed by atoms with Crippen molar-refractivity contribution in [3.8, 4) is 6.26 Å². The standard InChI is InChI=1S/CHNO.Pt/c2-1-3;/h3H;. The molecule has 3 heteroatoms. The van der Waals surface area contributed by atoms with Crippen molar-refractivity contribution in [3.05, 3.63) is 0 Å². The van der Waals surface area contributed by atoms with Gasteiger partial charge in [-0.2, -0.15) is 5.26 Å². The summed E-state index contributed by atoms with van der Waals surface area (Å²) < 4.78 is 0. The topological polar surface area (TPSA) is 44.0 Å². The average molecular weight is 238 g/mol. The van der Waals surface area contributed by atoms with E-state index in [-0.39, 0.29) is 21.1 Å². The van der Waals surface area contributed by atoms with E-state index in [0.29, 0.717) is 0 Å². The predicted molar refractivity (Wildman–Crippen MR) is 7.55 cm³/mol. The fourth-order valence-corrected chi connectivity index (χ4v) is 0. The Bertz CT molecular complexity index is 29.5. The minimum absolute atomic E-state index is 0. The summed E-state index contributed by atoms with van der Waals surface area (Å²) in [6.45, 7) is 0. The van der Waals surface area contributed by atoms with Crippen molar-refractivity contribution in [1.29, 1.82) is 5.26 Å². The van der Waals surface area contributed by atoms with Crippen LogP contribution in [0.1, 0.15) is 0 Å². The SMILES string of the molecule is N#CO.[Pt]. The molecule has 0 bridgehead atoms. The summed E-state index contributed by atoms with van der Waals surface area (Å²) in [5, 5.41) is 13.8. The zero-order valence-electron chi connectivity index (χ0n) is 1.71. The van der Waals surface area contributed by atoms with E-state index in [4.69, 9.17) is 10.4 Å². The number of hydrogen-bond acceptors (Lipinski definition) is 2. The molecule has 0 aromatic heterocycles. The van der Waals surface area contributed by atoms with E-state index >= 15 is 0 Å². The predicted octanol–water partition coefficient (Wildman–Crippen LogP) is -0.163. The molecule has 0 atom stereocenters. The van der Waals surface area contributed by atoms with Gasteiger partial charge < -0.3 is 5.11 Å². The summed E-state index contributed by atoms with van der Waals surface area (Å²) in [7, 11) is 0. The van der Waals surface area contributed by atoms with Crippen LogP contribution in [0.15, 0.2) is 0 Å². The molecule has 0 fully saturated rings. The number of nitriles is 1. The van der Waals surface area contributed by atoms with Crippen molar-refractivity contribution in [1.82, 2.24) is 0 Å². The fraction of sp³-hybridized carbons (Fsp3) is 0. The molecule has 0 aliphatic rings. The number of aliphatic hydroxyl groups excluding tert-OH is 1. The van der Waals surface area contributed by atoms with Gasteiger partial charge >= 0.3 is 0 Å². The Balaban J connectivity index is 0. The number of aliphatic hydroxyl groups is 1.